The molecule has 190 valence electrons. The van der Waals surface area contributed by atoms with Crippen molar-refractivity contribution in [1.29, 1.82) is 0 Å². The Bertz CT molecular complexity index is 1180. The maximum absolute atomic E-state index is 13.1. The van der Waals surface area contributed by atoms with Crippen LogP contribution in [0.4, 0.5) is 5.69 Å². The first kappa shape index (κ1) is 27.4. The lowest BCUT2D eigenvalue weighted by Gasteiger charge is -2.12. The largest absolute Gasteiger partial charge is 0.345 e. The van der Waals surface area contributed by atoms with Gasteiger partial charge in [-0.15, -0.1) is 23.1 Å². The Balaban J connectivity index is 1.59. The first-order valence-electron chi connectivity index (χ1n) is 12.2. The minimum atomic E-state index is -4.45. The van der Waals surface area contributed by atoms with Gasteiger partial charge in [-0.05, 0) is 36.4 Å². The number of fused-ring (bicyclic) bond motifs is 1. The molecule has 3 aromatic rings. The number of hydrazine groups is 1. The zero-order valence-electron chi connectivity index (χ0n) is 20.1. The van der Waals surface area contributed by atoms with Crippen molar-refractivity contribution >= 4 is 49.0 Å². The molecule has 0 aliphatic rings. The van der Waals surface area contributed by atoms with Crippen molar-refractivity contribution in [3.8, 4) is 0 Å². The first-order chi connectivity index (χ1) is 16.9. The van der Waals surface area contributed by atoms with Gasteiger partial charge in [-0.2, -0.15) is 8.42 Å². The fraction of sp³-hybridized carbons (Fsp3) is 0.480. The Morgan fingerprint density at radius 2 is 1.54 bits per heavy atom. The molecule has 0 saturated carbocycles. The SMILES string of the molecule is CCCCCCCCCCCCSc1cccc2sc(S(=O)(=O)N(c3ccccc3)[N+](=O)[O-])nc12. The number of nitrogens with zero attached hydrogens (tertiary/aromatic N) is 3. The van der Waals surface area contributed by atoms with Crippen molar-refractivity contribution < 1.29 is 13.5 Å². The number of benzene rings is 2. The third-order valence-electron chi connectivity index (χ3n) is 5.69. The van der Waals surface area contributed by atoms with Crippen LogP contribution in [0.2, 0.25) is 0 Å². The van der Waals surface area contributed by atoms with Gasteiger partial charge < -0.3 is 0 Å². The summed E-state index contributed by atoms with van der Waals surface area (Å²) in [6.07, 6.45) is 12.8. The molecule has 0 bridgehead atoms. The Morgan fingerprint density at radius 1 is 0.914 bits per heavy atom. The Labute approximate surface area is 216 Å². The van der Waals surface area contributed by atoms with E-state index in [9.17, 15) is 18.5 Å². The second-order valence-electron chi connectivity index (χ2n) is 8.43. The molecule has 0 N–H and O–H groups in total. The molecule has 7 nitrogen and oxygen atoms in total. The minimum Gasteiger partial charge on any atom is -0.233 e. The van der Waals surface area contributed by atoms with E-state index in [1.54, 1.807) is 36.0 Å². The van der Waals surface area contributed by atoms with Gasteiger partial charge in [0.05, 0.1) is 10.2 Å². The summed E-state index contributed by atoms with van der Waals surface area (Å²) in [4.78, 5) is 16.9. The molecule has 0 amide bonds. The van der Waals surface area contributed by atoms with Gasteiger partial charge >= 0.3 is 10.0 Å². The lowest BCUT2D eigenvalue weighted by Crippen LogP contribution is -2.36. The maximum atomic E-state index is 13.1. The van der Waals surface area contributed by atoms with Crippen molar-refractivity contribution in [2.75, 3.05) is 10.2 Å². The maximum Gasteiger partial charge on any atom is 0.345 e. The summed E-state index contributed by atoms with van der Waals surface area (Å²) in [6.45, 7) is 2.24. The highest BCUT2D eigenvalue weighted by molar-refractivity contribution is 7.99. The Kier molecular flexibility index (Phi) is 10.8. The van der Waals surface area contributed by atoms with E-state index >= 15 is 0 Å². The summed E-state index contributed by atoms with van der Waals surface area (Å²) < 4.78 is 26.9. The third kappa shape index (κ3) is 7.65. The molecule has 0 spiro atoms. The average molecular weight is 536 g/mol. The Morgan fingerprint density at radius 3 is 2.17 bits per heavy atom. The lowest BCUT2D eigenvalue weighted by atomic mass is 10.1. The van der Waals surface area contributed by atoms with Gasteiger partial charge in [-0.3, -0.25) is 0 Å². The van der Waals surface area contributed by atoms with Gasteiger partial charge in [-0.1, -0.05) is 89.0 Å². The number of nitro groups is 1. The van der Waals surface area contributed by atoms with E-state index in [4.69, 9.17) is 0 Å². The van der Waals surface area contributed by atoms with Crippen LogP contribution in [-0.4, -0.2) is 24.2 Å². The molecule has 0 unspecified atom stereocenters. The average Bonchev–Trinajstić information content (AvgIpc) is 3.29. The number of para-hydroxylation sites is 2. The van der Waals surface area contributed by atoms with Gasteiger partial charge in [0.25, 0.3) is 0 Å². The number of hydrogen-bond acceptors (Lipinski definition) is 7. The van der Waals surface area contributed by atoms with Crippen LogP contribution in [-0.2, 0) is 10.0 Å². The van der Waals surface area contributed by atoms with Crippen LogP contribution in [0.1, 0.15) is 71.1 Å². The van der Waals surface area contributed by atoms with Crippen LogP contribution in [0.15, 0.2) is 57.8 Å². The minimum absolute atomic E-state index is 0.0349. The second-order valence-corrected chi connectivity index (χ2v) is 12.5. The summed E-state index contributed by atoms with van der Waals surface area (Å²) in [5, 5.41) is 10.7. The zero-order valence-corrected chi connectivity index (χ0v) is 22.5. The number of hydrogen-bond donors (Lipinski definition) is 0. The van der Waals surface area contributed by atoms with Crippen LogP contribution < -0.4 is 4.41 Å². The van der Waals surface area contributed by atoms with Crippen LogP contribution in [0.3, 0.4) is 0 Å². The molecular formula is C25H33N3O4S3. The molecule has 0 atom stereocenters. The predicted octanol–water partition coefficient (Wildman–Crippen LogP) is 7.70. The molecule has 0 aliphatic carbocycles. The number of aromatic nitrogens is 1. The molecule has 0 saturated heterocycles. The third-order valence-corrected chi connectivity index (χ3v) is 9.85. The second kappa shape index (κ2) is 13.8. The fourth-order valence-electron chi connectivity index (χ4n) is 3.85. The molecule has 10 heteroatoms. The van der Waals surface area contributed by atoms with Gasteiger partial charge in [0, 0.05) is 9.31 Å². The number of rotatable bonds is 16. The lowest BCUT2D eigenvalue weighted by molar-refractivity contribution is -0.474. The standard InChI is InChI=1S/C25H33N3O4S3/c1-2-3-4-5-6-7-8-9-10-14-20-33-22-18-15-19-23-24(22)26-25(34-23)35(31,32)27(28(29)30)21-16-12-11-13-17-21/h11-13,15-19H,2-10,14,20H2,1H3. The van der Waals surface area contributed by atoms with E-state index < -0.39 is 15.1 Å². The van der Waals surface area contributed by atoms with Crippen molar-refractivity contribution in [3.63, 3.8) is 0 Å². The number of unbranched alkanes of at least 4 members (excludes halogenated alkanes) is 9. The summed E-state index contributed by atoms with van der Waals surface area (Å²) in [7, 11) is -4.45. The number of thioether (sulfide) groups is 1. The van der Waals surface area contributed by atoms with E-state index in [0.717, 1.165) is 28.4 Å². The molecule has 0 fully saturated rings. The predicted molar refractivity (Wildman–Crippen MR) is 145 cm³/mol. The number of sulfonamides is 1. The number of anilines is 1. The summed E-state index contributed by atoms with van der Waals surface area (Å²) in [6, 6.07) is 13.2. The monoisotopic (exact) mass is 535 g/mol. The topological polar surface area (TPSA) is 93.4 Å². The quantitative estimate of drug-likeness (QED) is 0.0807. The van der Waals surface area contributed by atoms with Gasteiger partial charge in [0.2, 0.25) is 4.34 Å². The van der Waals surface area contributed by atoms with E-state index in [1.807, 2.05) is 12.1 Å². The Hall–Kier alpha value is -2.17. The van der Waals surface area contributed by atoms with E-state index in [-0.39, 0.29) is 14.4 Å². The highest BCUT2D eigenvalue weighted by Gasteiger charge is 2.37. The summed E-state index contributed by atoms with van der Waals surface area (Å²) in [5.74, 6) is 0.931. The van der Waals surface area contributed by atoms with Gasteiger partial charge in [-0.25, -0.2) is 15.1 Å². The van der Waals surface area contributed by atoms with Crippen molar-refractivity contribution in [2.45, 2.75) is 80.4 Å². The summed E-state index contributed by atoms with van der Waals surface area (Å²) in [5.41, 5.74) is 0.553. The van der Waals surface area contributed by atoms with E-state index in [2.05, 4.69) is 11.9 Å². The smallest absolute Gasteiger partial charge is 0.233 e. The molecule has 3 rings (SSSR count). The van der Waals surface area contributed by atoms with Crippen LogP contribution in [0.5, 0.6) is 0 Å². The fourth-order valence-corrected chi connectivity index (χ4v) is 7.51. The highest BCUT2D eigenvalue weighted by atomic mass is 32.2. The van der Waals surface area contributed by atoms with Gasteiger partial charge in [0.1, 0.15) is 5.69 Å². The van der Waals surface area contributed by atoms with E-state index in [0.29, 0.717) is 10.2 Å². The molecule has 0 aliphatic heterocycles. The summed E-state index contributed by atoms with van der Waals surface area (Å²) >= 11 is 2.62. The molecule has 1 heterocycles. The van der Waals surface area contributed by atoms with Crippen LogP contribution in [0.25, 0.3) is 10.2 Å². The van der Waals surface area contributed by atoms with Crippen molar-refractivity contribution in [2.24, 2.45) is 0 Å². The zero-order chi connectivity index (χ0) is 25.1. The van der Waals surface area contributed by atoms with Crippen LogP contribution in [0, 0.1) is 10.1 Å². The van der Waals surface area contributed by atoms with Crippen molar-refractivity contribution in [3.05, 3.63) is 58.6 Å². The first-order valence-corrected chi connectivity index (χ1v) is 15.5. The molecule has 2 aromatic carbocycles. The molecule has 35 heavy (non-hydrogen) atoms. The molecule has 1 aromatic heterocycles. The van der Waals surface area contributed by atoms with Crippen molar-refractivity contribution in [1.82, 2.24) is 4.98 Å². The molecular weight excluding hydrogens is 502 g/mol. The highest BCUT2D eigenvalue weighted by Crippen LogP contribution is 2.35. The van der Waals surface area contributed by atoms with E-state index in [1.165, 1.54) is 69.9 Å². The number of thiazole rings is 1. The van der Waals surface area contributed by atoms with Crippen LogP contribution >= 0.6 is 23.1 Å². The van der Waals surface area contributed by atoms with Gasteiger partial charge in [0.15, 0.2) is 5.03 Å². The molecule has 0 radical (unpaired) electrons. The normalized spacial score (nSPS) is 11.7.